The number of nitrogens with one attached hydrogen (secondary N) is 1. The third-order valence-electron chi connectivity index (χ3n) is 7.98. The molecule has 3 aliphatic heterocycles. The van der Waals surface area contributed by atoms with Crippen molar-refractivity contribution in [1.29, 1.82) is 0 Å². The first kappa shape index (κ1) is 22.7. The number of fused-ring (bicyclic) bond motifs is 1. The van der Waals surface area contributed by atoms with Crippen molar-refractivity contribution < 1.29 is 9.59 Å². The summed E-state index contributed by atoms with van der Waals surface area (Å²) in [6.45, 7) is 3.62. The van der Waals surface area contributed by atoms with Crippen molar-refractivity contribution in [3.8, 4) is 12.3 Å². The normalized spacial score (nSPS) is 17.7. The predicted octanol–water partition coefficient (Wildman–Crippen LogP) is 3.73. The number of rotatable bonds is 2. The minimum atomic E-state index is 0.0385. The zero-order valence-corrected chi connectivity index (χ0v) is 21.1. The van der Waals surface area contributed by atoms with Crippen LogP contribution in [0.1, 0.15) is 41.6 Å². The molecule has 0 saturated carbocycles. The van der Waals surface area contributed by atoms with E-state index in [0.29, 0.717) is 25.2 Å². The first-order valence-corrected chi connectivity index (χ1v) is 13.2. The summed E-state index contributed by atoms with van der Waals surface area (Å²) >= 11 is 0. The number of carbonyl (C=O) groups is 2. The molecule has 2 amide bonds. The van der Waals surface area contributed by atoms with Gasteiger partial charge in [-0.3, -0.25) is 9.20 Å². The van der Waals surface area contributed by atoms with Crippen LogP contribution in [0.2, 0.25) is 0 Å². The Balaban J connectivity index is 1.37. The Morgan fingerprint density at radius 3 is 2.76 bits per heavy atom. The van der Waals surface area contributed by atoms with Crippen molar-refractivity contribution >= 4 is 39.6 Å². The van der Waals surface area contributed by atoms with Gasteiger partial charge in [0.1, 0.15) is 5.65 Å². The van der Waals surface area contributed by atoms with Crippen LogP contribution in [0.15, 0.2) is 48.9 Å². The Morgan fingerprint density at radius 1 is 1.05 bits per heavy atom. The SMILES string of the molecule is C#Cc1cc2c3c(c1)c(C1=C(c4cnc5ccccn45)NCC1=O)cn3CCN(C(=O)N1CCCCC1)C2. The number of aromatic nitrogens is 3. The fraction of sp³-hybridized carbons (Fsp3) is 0.300. The Labute approximate surface area is 220 Å². The lowest BCUT2D eigenvalue weighted by Crippen LogP contribution is -2.45. The lowest BCUT2D eigenvalue weighted by molar-refractivity contribution is -0.112. The Hall–Kier alpha value is -4.51. The average Bonchev–Trinajstić information content (AvgIpc) is 3.61. The molecule has 0 spiro atoms. The number of likely N-dealkylation sites (tertiary alicyclic amines) is 1. The van der Waals surface area contributed by atoms with Crippen LogP contribution in [0.3, 0.4) is 0 Å². The minimum Gasteiger partial charge on any atom is -0.375 e. The number of benzene rings is 1. The number of piperidine rings is 1. The van der Waals surface area contributed by atoms with Crippen LogP contribution < -0.4 is 5.32 Å². The molecule has 1 aromatic carbocycles. The Morgan fingerprint density at radius 2 is 1.92 bits per heavy atom. The summed E-state index contributed by atoms with van der Waals surface area (Å²) in [5.74, 6) is 2.83. The molecule has 1 fully saturated rings. The van der Waals surface area contributed by atoms with Gasteiger partial charge < -0.3 is 19.7 Å². The number of amides is 2. The quantitative estimate of drug-likeness (QED) is 0.422. The second-order valence-corrected chi connectivity index (χ2v) is 10.3. The van der Waals surface area contributed by atoms with E-state index in [9.17, 15) is 9.59 Å². The number of terminal acetylenes is 1. The number of hydrogen-bond donors (Lipinski definition) is 1. The Kier molecular flexibility index (Phi) is 5.25. The van der Waals surface area contributed by atoms with E-state index >= 15 is 0 Å². The van der Waals surface area contributed by atoms with Gasteiger partial charge in [-0.15, -0.1) is 6.42 Å². The molecule has 38 heavy (non-hydrogen) atoms. The van der Waals surface area contributed by atoms with Crippen LogP contribution in [0, 0.1) is 12.3 Å². The van der Waals surface area contributed by atoms with Crippen molar-refractivity contribution in [1.82, 2.24) is 29.1 Å². The highest BCUT2D eigenvalue weighted by atomic mass is 16.2. The van der Waals surface area contributed by atoms with Crippen LogP contribution in [0.5, 0.6) is 0 Å². The average molecular weight is 505 g/mol. The van der Waals surface area contributed by atoms with Crippen molar-refractivity contribution in [3.05, 3.63) is 71.3 Å². The number of Topliss-reactive ketones (excluding diaryl/α,β-unsaturated/α-hetero) is 1. The van der Waals surface area contributed by atoms with Gasteiger partial charge in [0.25, 0.3) is 0 Å². The van der Waals surface area contributed by atoms with Gasteiger partial charge in [0.05, 0.1) is 35.2 Å². The molecule has 0 bridgehead atoms. The van der Waals surface area contributed by atoms with Crippen LogP contribution in [-0.4, -0.2) is 61.7 Å². The van der Waals surface area contributed by atoms with E-state index in [1.165, 1.54) is 6.42 Å². The van der Waals surface area contributed by atoms with Gasteiger partial charge >= 0.3 is 6.03 Å². The summed E-state index contributed by atoms with van der Waals surface area (Å²) in [4.78, 5) is 35.2. The zero-order valence-electron chi connectivity index (χ0n) is 21.1. The van der Waals surface area contributed by atoms with Gasteiger partial charge in [0, 0.05) is 61.6 Å². The highest BCUT2D eigenvalue weighted by molar-refractivity contribution is 6.33. The molecule has 0 aliphatic carbocycles. The van der Waals surface area contributed by atoms with E-state index < -0.39 is 0 Å². The molecule has 3 aliphatic rings. The van der Waals surface area contributed by atoms with E-state index in [2.05, 4.69) is 27.0 Å². The maximum atomic E-state index is 13.4. The summed E-state index contributed by atoms with van der Waals surface area (Å²) in [6.07, 6.45) is 15.0. The van der Waals surface area contributed by atoms with Gasteiger partial charge in [-0.2, -0.15) is 0 Å². The van der Waals surface area contributed by atoms with E-state index in [-0.39, 0.29) is 18.4 Å². The number of nitrogens with zero attached hydrogens (tertiary/aromatic N) is 5. The lowest BCUT2D eigenvalue weighted by Gasteiger charge is -2.32. The number of imidazole rings is 1. The van der Waals surface area contributed by atoms with E-state index in [4.69, 9.17) is 6.42 Å². The fourth-order valence-electron chi connectivity index (χ4n) is 6.18. The third kappa shape index (κ3) is 3.50. The second-order valence-electron chi connectivity index (χ2n) is 10.3. The van der Waals surface area contributed by atoms with Crippen molar-refractivity contribution in [2.45, 2.75) is 32.4 Å². The van der Waals surface area contributed by atoms with Crippen molar-refractivity contribution in [3.63, 3.8) is 0 Å². The summed E-state index contributed by atoms with van der Waals surface area (Å²) in [5.41, 5.74) is 6.77. The third-order valence-corrected chi connectivity index (χ3v) is 7.98. The molecular weight excluding hydrogens is 476 g/mol. The Bertz CT molecular complexity index is 1690. The standard InChI is InChI=1S/C30H28N6O2/c1-2-20-14-21-18-35(30(38)33-9-5-3-6-10-33)13-12-34-19-23(22(15-20)29(21)34)27-25(37)17-32-28(27)24-16-31-26-8-4-7-11-36(24)26/h1,4,7-8,11,14-16,19,32H,3,5-6,9-10,12-13,17-18H2. The molecule has 0 radical (unpaired) electrons. The number of pyridine rings is 1. The molecule has 7 rings (SSSR count). The van der Waals surface area contributed by atoms with Gasteiger partial charge in [0.2, 0.25) is 0 Å². The summed E-state index contributed by atoms with van der Waals surface area (Å²) in [5, 5.41) is 4.28. The molecule has 8 nitrogen and oxygen atoms in total. The smallest absolute Gasteiger partial charge is 0.320 e. The second kappa shape index (κ2) is 8.80. The number of urea groups is 1. The lowest BCUT2D eigenvalue weighted by atomic mass is 9.97. The fourth-order valence-corrected chi connectivity index (χ4v) is 6.18. The van der Waals surface area contributed by atoms with Gasteiger partial charge in [-0.1, -0.05) is 12.0 Å². The molecule has 0 atom stereocenters. The number of carbonyl (C=O) groups excluding carboxylic acids is 2. The van der Waals surface area contributed by atoms with Crippen LogP contribution in [0.4, 0.5) is 4.79 Å². The number of hydrogen-bond acceptors (Lipinski definition) is 4. The van der Waals surface area contributed by atoms with E-state index in [1.54, 1.807) is 6.20 Å². The predicted molar refractivity (Wildman–Crippen MR) is 146 cm³/mol. The first-order valence-electron chi connectivity index (χ1n) is 13.2. The van der Waals surface area contributed by atoms with E-state index in [1.807, 2.05) is 50.7 Å². The van der Waals surface area contributed by atoms with Crippen molar-refractivity contribution in [2.75, 3.05) is 26.2 Å². The number of ketones is 1. The first-order chi connectivity index (χ1) is 18.6. The molecule has 4 aromatic rings. The summed E-state index contributed by atoms with van der Waals surface area (Å²) in [6, 6.07) is 9.96. The van der Waals surface area contributed by atoms with Gasteiger partial charge in [-0.25, -0.2) is 9.78 Å². The largest absolute Gasteiger partial charge is 0.375 e. The highest BCUT2D eigenvalue weighted by Crippen LogP contribution is 2.38. The molecule has 3 aromatic heterocycles. The maximum Gasteiger partial charge on any atom is 0.320 e. The highest BCUT2D eigenvalue weighted by Gasteiger charge is 2.32. The minimum absolute atomic E-state index is 0.0385. The zero-order chi connectivity index (χ0) is 25.8. The van der Waals surface area contributed by atoms with Gasteiger partial charge in [0.15, 0.2) is 5.78 Å². The molecule has 6 heterocycles. The van der Waals surface area contributed by atoms with Crippen molar-refractivity contribution in [2.24, 2.45) is 0 Å². The molecule has 1 saturated heterocycles. The van der Waals surface area contributed by atoms with E-state index in [0.717, 1.165) is 70.6 Å². The summed E-state index contributed by atoms with van der Waals surface area (Å²) < 4.78 is 4.18. The van der Waals surface area contributed by atoms with Crippen LogP contribution >= 0.6 is 0 Å². The van der Waals surface area contributed by atoms with Crippen LogP contribution in [0.25, 0.3) is 27.8 Å². The molecule has 8 heteroatoms. The molecule has 190 valence electrons. The van der Waals surface area contributed by atoms with Crippen LogP contribution in [-0.2, 0) is 17.9 Å². The summed E-state index contributed by atoms with van der Waals surface area (Å²) in [7, 11) is 0. The molecular formula is C30H28N6O2. The molecule has 0 unspecified atom stereocenters. The maximum absolute atomic E-state index is 13.4. The van der Waals surface area contributed by atoms with Gasteiger partial charge in [-0.05, 0) is 49.1 Å². The monoisotopic (exact) mass is 504 g/mol. The molecule has 1 N–H and O–H groups in total. The topological polar surface area (TPSA) is 74.9 Å².